The van der Waals surface area contributed by atoms with Crippen molar-refractivity contribution < 1.29 is 9.52 Å². The quantitative estimate of drug-likeness (QED) is 0.770. The molecule has 0 aliphatic carbocycles. The lowest BCUT2D eigenvalue weighted by atomic mass is 9.87. The minimum absolute atomic E-state index is 0.155. The molecule has 2 unspecified atom stereocenters. The smallest absolute Gasteiger partial charge is 0.212 e. The molecule has 0 amide bonds. The van der Waals surface area contributed by atoms with Crippen LogP contribution >= 0.6 is 0 Å². The average Bonchev–Trinajstić information content (AvgIpc) is 3.12. The summed E-state index contributed by atoms with van der Waals surface area (Å²) in [5, 5.41) is 10.6. The fourth-order valence-corrected chi connectivity index (χ4v) is 3.77. The number of aliphatic hydroxyl groups is 1. The van der Waals surface area contributed by atoms with Crippen molar-refractivity contribution in [1.82, 2.24) is 9.88 Å². The maximum atomic E-state index is 10.6. The fourth-order valence-electron chi connectivity index (χ4n) is 3.77. The summed E-state index contributed by atoms with van der Waals surface area (Å²) in [5.74, 6) is 1.10. The number of benzene rings is 2. The first kappa shape index (κ1) is 16.3. The molecule has 130 valence electrons. The molecule has 0 bridgehead atoms. The van der Waals surface area contributed by atoms with E-state index in [0.29, 0.717) is 5.92 Å². The molecule has 3 aromatic rings. The Kier molecular flexibility index (Phi) is 4.55. The number of nitrogens with zero attached hydrogens (tertiary/aromatic N) is 2. The molecule has 4 nitrogen and oxygen atoms in total. The Morgan fingerprint density at radius 1 is 1.04 bits per heavy atom. The Morgan fingerprint density at radius 3 is 2.44 bits per heavy atom. The summed E-state index contributed by atoms with van der Waals surface area (Å²) in [6, 6.07) is 18.0. The number of fused-ring (bicyclic) bond motifs is 1. The van der Waals surface area contributed by atoms with Gasteiger partial charge >= 0.3 is 0 Å². The molecule has 1 aliphatic heterocycles. The van der Waals surface area contributed by atoms with Gasteiger partial charge in [0.1, 0.15) is 5.52 Å². The number of likely N-dealkylation sites (tertiary alicyclic amines) is 1. The van der Waals surface area contributed by atoms with Gasteiger partial charge in [0.25, 0.3) is 0 Å². The Labute approximate surface area is 148 Å². The van der Waals surface area contributed by atoms with E-state index < -0.39 is 0 Å². The molecule has 1 aromatic heterocycles. The number of hydrogen-bond acceptors (Lipinski definition) is 4. The first-order valence-corrected chi connectivity index (χ1v) is 9.05. The van der Waals surface area contributed by atoms with E-state index in [1.807, 2.05) is 54.6 Å². The summed E-state index contributed by atoms with van der Waals surface area (Å²) in [5.41, 5.74) is 2.78. The molecular weight excluding hydrogens is 312 g/mol. The lowest BCUT2D eigenvalue weighted by Gasteiger charge is -2.36. The normalized spacial score (nSPS) is 19.1. The number of piperidine rings is 1. The lowest BCUT2D eigenvalue weighted by Crippen LogP contribution is -2.37. The zero-order valence-electron chi connectivity index (χ0n) is 14.5. The second-order valence-electron chi connectivity index (χ2n) is 6.92. The molecule has 2 atom stereocenters. The van der Waals surface area contributed by atoms with Crippen molar-refractivity contribution in [3.63, 3.8) is 0 Å². The highest BCUT2D eigenvalue weighted by Crippen LogP contribution is 2.34. The van der Waals surface area contributed by atoms with E-state index in [-0.39, 0.29) is 12.1 Å². The highest BCUT2D eigenvalue weighted by Gasteiger charge is 2.30. The first-order valence-electron chi connectivity index (χ1n) is 9.05. The molecule has 1 aliphatic rings. The minimum atomic E-state index is -0.372. The third-order valence-electron chi connectivity index (χ3n) is 5.38. The standard InChI is InChI=1S/C21H24N2O2/c1-15(21-22-18-9-5-6-10-19(18)25-21)23-13-11-17(12-14-23)20(24)16-7-3-2-4-8-16/h2-10,15,17,20,24H,11-14H2,1H3. The van der Waals surface area contributed by atoms with Gasteiger partial charge < -0.3 is 9.52 Å². The van der Waals surface area contributed by atoms with E-state index in [1.165, 1.54) is 0 Å². The lowest BCUT2D eigenvalue weighted by molar-refractivity contribution is 0.0434. The molecule has 1 N–H and O–H groups in total. The van der Waals surface area contributed by atoms with E-state index >= 15 is 0 Å². The predicted molar refractivity (Wildman–Crippen MR) is 98.1 cm³/mol. The molecule has 1 saturated heterocycles. The van der Waals surface area contributed by atoms with Crippen LogP contribution in [0.2, 0.25) is 0 Å². The van der Waals surface area contributed by atoms with Gasteiger partial charge in [-0.15, -0.1) is 0 Å². The molecule has 1 fully saturated rings. The Hall–Kier alpha value is -2.17. The van der Waals surface area contributed by atoms with Crippen LogP contribution in [0, 0.1) is 5.92 Å². The average molecular weight is 336 g/mol. The van der Waals surface area contributed by atoms with Crippen LogP contribution in [0.25, 0.3) is 11.1 Å². The zero-order chi connectivity index (χ0) is 17.2. The van der Waals surface area contributed by atoms with Crippen LogP contribution in [0.1, 0.15) is 43.4 Å². The van der Waals surface area contributed by atoms with Crippen molar-refractivity contribution >= 4 is 11.1 Å². The predicted octanol–water partition coefficient (Wildman–Crippen LogP) is 4.33. The maximum absolute atomic E-state index is 10.6. The fraction of sp³-hybridized carbons (Fsp3) is 0.381. The number of para-hydroxylation sites is 2. The van der Waals surface area contributed by atoms with E-state index in [1.54, 1.807) is 0 Å². The van der Waals surface area contributed by atoms with E-state index in [2.05, 4.69) is 16.8 Å². The van der Waals surface area contributed by atoms with Crippen LogP contribution in [0.15, 0.2) is 59.0 Å². The molecule has 0 radical (unpaired) electrons. The van der Waals surface area contributed by atoms with Crippen LogP contribution in [-0.2, 0) is 0 Å². The molecule has 4 heteroatoms. The Bertz CT molecular complexity index is 789. The molecule has 4 rings (SSSR count). The summed E-state index contributed by atoms with van der Waals surface area (Å²) < 4.78 is 5.92. The van der Waals surface area contributed by atoms with Gasteiger partial charge in [0.2, 0.25) is 5.89 Å². The first-order chi connectivity index (χ1) is 12.2. The van der Waals surface area contributed by atoms with Gasteiger partial charge in [0.05, 0.1) is 12.1 Å². The summed E-state index contributed by atoms with van der Waals surface area (Å²) in [7, 11) is 0. The zero-order valence-corrected chi connectivity index (χ0v) is 14.5. The SMILES string of the molecule is CC(c1nc2ccccc2o1)N1CCC(C(O)c2ccccc2)CC1. The van der Waals surface area contributed by atoms with Crippen LogP contribution < -0.4 is 0 Å². The van der Waals surface area contributed by atoms with Crippen LogP contribution in [0.4, 0.5) is 0 Å². The number of aromatic nitrogens is 1. The largest absolute Gasteiger partial charge is 0.439 e. The topological polar surface area (TPSA) is 49.5 Å². The highest BCUT2D eigenvalue weighted by atomic mass is 16.3. The maximum Gasteiger partial charge on any atom is 0.212 e. The van der Waals surface area contributed by atoms with Crippen molar-refractivity contribution in [2.45, 2.75) is 31.9 Å². The van der Waals surface area contributed by atoms with Crippen molar-refractivity contribution in [1.29, 1.82) is 0 Å². The molecule has 0 saturated carbocycles. The molecule has 0 spiro atoms. The number of oxazole rings is 1. The second-order valence-corrected chi connectivity index (χ2v) is 6.92. The third-order valence-corrected chi connectivity index (χ3v) is 5.38. The van der Waals surface area contributed by atoms with Crippen molar-refractivity contribution in [2.24, 2.45) is 5.92 Å². The molecule has 2 heterocycles. The summed E-state index contributed by atoms with van der Waals surface area (Å²) in [6.45, 7) is 4.06. The number of rotatable bonds is 4. The van der Waals surface area contributed by atoms with E-state index in [0.717, 1.165) is 48.5 Å². The summed E-state index contributed by atoms with van der Waals surface area (Å²) >= 11 is 0. The van der Waals surface area contributed by atoms with Gasteiger partial charge in [-0.2, -0.15) is 0 Å². The minimum Gasteiger partial charge on any atom is -0.439 e. The third kappa shape index (κ3) is 3.32. The van der Waals surface area contributed by atoms with Crippen LogP contribution in [-0.4, -0.2) is 28.1 Å². The molecule has 2 aromatic carbocycles. The molecule has 25 heavy (non-hydrogen) atoms. The highest BCUT2D eigenvalue weighted by molar-refractivity contribution is 5.72. The van der Waals surface area contributed by atoms with Gasteiger partial charge in [-0.1, -0.05) is 42.5 Å². The van der Waals surface area contributed by atoms with Crippen LogP contribution in [0.5, 0.6) is 0 Å². The van der Waals surface area contributed by atoms with Gasteiger partial charge in [-0.25, -0.2) is 4.98 Å². The van der Waals surface area contributed by atoms with Crippen molar-refractivity contribution in [3.8, 4) is 0 Å². The van der Waals surface area contributed by atoms with Gasteiger partial charge in [-0.3, -0.25) is 4.90 Å². The van der Waals surface area contributed by atoms with Crippen LogP contribution in [0.3, 0.4) is 0 Å². The number of aliphatic hydroxyl groups excluding tert-OH is 1. The van der Waals surface area contributed by atoms with Gasteiger partial charge in [0.15, 0.2) is 5.58 Å². The second kappa shape index (κ2) is 6.98. The molecular formula is C21H24N2O2. The Balaban J connectivity index is 1.41. The van der Waals surface area contributed by atoms with E-state index in [9.17, 15) is 5.11 Å². The van der Waals surface area contributed by atoms with Gasteiger partial charge in [0, 0.05) is 0 Å². The van der Waals surface area contributed by atoms with Crippen molar-refractivity contribution in [3.05, 3.63) is 66.1 Å². The summed E-state index contributed by atoms with van der Waals surface area (Å²) in [6.07, 6.45) is 1.60. The Morgan fingerprint density at radius 2 is 1.72 bits per heavy atom. The monoisotopic (exact) mass is 336 g/mol. The van der Waals surface area contributed by atoms with Gasteiger partial charge in [-0.05, 0) is 56.5 Å². The summed E-state index contributed by atoms with van der Waals surface area (Å²) in [4.78, 5) is 7.03. The van der Waals surface area contributed by atoms with E-state index in [4.69, 9.17) is 4.42 Å². The van der Waals surface area contributed by atoms with Crippen molar-refractivity contribution in [2.75, 3.05) is 13.1 Å². The number of hydrogen-bond donors (Lipinski definition) is 1.